The summed E-state index contributed by atoms with van der Waals surface area (Å²) < 4.78 is 10.9. The molecule has 0 spiro atoms. The second kappa shape index (κ2) is 8.86. The van der Waals surface area contributed by atoms with Crippen LogP contribution in [0.3, 0.4) is 0 Å². The van der Waals surface area contributed by atoms with Gasteiger partial charge in [-0.2, -0.15) is 0 Å². The van der Waals surface area contributed by atoms with Crippen LogP contribution in [0.1, 0.15) is 40.0 Å². The number of nitrogens with one attached hydrogen (secondary N) is 1. The molecular formula is C14H29NO3. The van der Waals surface area contributed by atoms with Crippen LogP contribution in [0.2, 0.25) is 0 Å². The second-order valence-electron chi connectivity index (χ2n) is 5.77. The third-order valence-corrected chi connectivity index (χ3v) is 3.16. The van der Waals surface area contributed by atoms with Crippen molar-refractivity contribution in [3.05, 3.63) is 0 Å². The van der Waals surface area contributed by atoms with Crippen molar-refractivity contribution in [1.29, 1.82) is 0 Å². The first-order valence-electron chi connectivity index (χ1n) is 7.18. The van der Waals surface area contributed by atoms with Crippen LogP contribution in [0.5, 0.6) is 0 Å². The molecule has 1 heterocycles. The van der Waals surface area contributed by atoms with Crippen LogP contribution in [0, 0.1) is 5.92 Å². The van der Waals surface area contributed by atoms with E-state index in [0.717, 1.165) is 25.9 Å². The molecule has 1 aliphatic heterocycles. The standard InChI is InChI=1S/C14H29NO3/c1-11(2)7-12(3)15-8-13(16)9-17-10-14-5-4-6-18-14/h11-16H,4-10H2,1-3H3. The third-order valence-electron chi connectivity index (χ3n) is 3.16. The highest BCUT2D eigenvalue weighted by Crippen LogP contribution is 2.11. The fourth-order valence-corrected chi connectivity index (χ4v) is 2.30. The Hall–Kier alpha value is -0.160. The predicted octanol–water partition coefficient (Wildman–Crippen LogP) is 1.57. The van der Waals surface area contributed by atoms with Gasteiger partial charge in [-0.3, -0.25) is 0 Å². The van der Waals surface area contributed by atoms with Gasteiger partial charge in [0.05, 0.1) is 25.4 Å². The molecule has 0 saturated carbocycles. The molecule has 3 unspecified atom stereocenters. The van der Waals surface area contributed by atoms with Crippen molar-refractivity contribution in [3.63, 3.8) is 0 Å². The van der Waals surface area contributed by atoms with Gasteiger partial charge in [-0.15, -0.1) is 0 Å². The normalized spacial score (nSPS) is 23.5. The largest absolute Gasteiger partial charge is 0.389 e. The quantitative estimate of drug-likeness (QED) is 0.660. The van der Waals surface area contributed by atoms with Gasteiger partial charge in [0, 0.05) is 19.2 Å². The van der Waals surface area contributed by atoms with Gasteiger partial charge in [-0.05, 0) is 32.1 Å². The van der Waals surface area contributed by atoms with E-state index in [1.54, 1.807) is 0 Å². The van der Waals surface area contributed by atoms with Crippen LogP contribution < -0.4 is 5.32 Å². The third kappa shape index (κ3) is 7.31. The number of aliphatic hydroxyl groups excluding tert-OH is 1. The average Bonchev–Trinajstić information content (AvgIpc) is 2.78. The maximum Gasteiger partial charge on any atom is 0.0897 e. The molecule has 1 fully saturated rings. The first kappa shape index (κ1) is 15.9. The van der Waals surface area contributed by atoms with E-state index in [-0.39, 0.29) is 6.10 Å². The van der Waals surface area contributed by atoms with Crippen molar-refractivity contribution in [3.8, 4) is 0 Å². The maximum atomic E-state index is 9.78. The van der Waals surface area contributed by atoms with Crippen LogP contribution >= 0.6 is 0 Å². The van der Waals surface area contributed by atoms with Crippen molar-refractivity contribution in [2.45, 2.75) is 58.3 Å². The fourth-order valence-electron chi connectivity index (χ4n) is 2.30. The minimum absolute atomic E-state index is 0.241. The Morgan fingerprint density at radius 2 is 2.17 bits per heavy atom. The molecule has 4 nitrogen and oxygen atoms in total. The van der Waals surface area contributed by atoms with Crippen molar-refractivity contribution < 1.29 is 14.6 Å². The zero-order chi connectivity index (χ0) is 13.4. The lowest BCUT2D eigenvalue weighted by Gasteiger charge is -2.19. The average molecular weight is 259 g/mol. The fraction of sp³-hybridized carbons (Fsp3) is 1.00. The number of rotatable bonds is 9. The molecule has 1 rings (SSSR count). The topological polar surface area (TPSA) is 50.7 Å². The van der Waals surface area contributed by atoms with E-state index in [0.29, 0.717) is 31.7 Å². The summed E-state index contributed by atoms with van der Waals surface area (Å²) in [5, 5.41) is 13.1. The van der Waals surface area contributed by atoms with E-state index in [4.69, 9.17) is 9.47 Å². The molecule has 1 saturated heterocycles. The van der Waals surface area contributed by atoms with Crippen molar-refractivity contribution in [2.24, 2.45) is 5.92 Å². The second-order valence-corrected chi connectivity index (χ2v) is 5.77. The van der Waals surface area contributed by atoms with Gasteiger partial charge in [0.25, 0.3) is 0 Å². The van der Waals surface area contributed by atoms with Crippen LogP contribution in [0.4, 0.5) is 0 Å². The number of hydrogen-bond donors (Lipinski definition) is 2. The molecule has 0 aromatic rings. The smallest absolute Gasteiger partial charge is 0.0897 e. The van der Waals surface area contributed by atoms with E-state index < -0.39 is 6.10 Å². The molecule has 3 atom stereocenters. The molecule has 18 heavy (non-hydrogen) atoms. The summed E-state index contributed by atoms with van der Waals surface area (Å²) in [6.07, 6.45) is 3.15. The Morgan fingerprint density at radius 3 is 2.78 bits per heavy atom. The van der Waals surface area contributed by atoms with Gasteiger partial charge in [0.1, 0.15) is 0 Å². The van der Waals surface area contributed by atoms with E-state index >= 15 is 0 Å². The molecule has 1 aliphatic rings. The SMILES string of the molecule is CC(C)CC(C)NCC(O)COCC1CCCO1. The monoisotopic (exact) mass is 259 g/mol. The van der Waals surface area contributed by atoms with E-state index in [1.807, 2.05) is 0 Å². The summed E-state index contributed by atoms with van der Waals surface area (Å²) in [6.45, 7) is 9.02. The van der Waals surface area contributed by atoms with Crippen LogP contribution in [0.15, 0.2) is 0 Å². The van der Waals surface area contributed by atoms with E-state index in [2.05, 4.69) is 26.1 Å². The minimum atomic E-state index is -0.430. The molecule has 0 aromatic carbocycles. The van der Waals surface area contributed by atoms with Gasteiger partial charge >= 0.3 is 0 Å². The van der Waals surface area contributed by atoms with Crippen LogP contribution in [-0.2, 0) is 9.47 Å². The molecule has 4 heteroatoms. The van der Waals surface area contributed by atoms with E-state index in [1.165, 1.54) is 0 Å². The van der Waals surface area contributed by atoms with Gasteiger partial charge < -0.3 is 19.9 Å². The lowest BCUT2D eigenvalue weighted by atomic mass is 10.1. The lowest BCUT2D eigenvalue weighted by Crippen LogP contribution is -2.37. The summed E-state index contributed by atoms with van der Waals surface area (Å²) in [4.78, 5) is 0. The van der Waals surface area contributed by atoms with Gasteiger partial charge in [-0.1, -0.05) is 13.8 Å². The number of ether oxygens (including phenoxy) is 2. The molecule has 0 bridgehead atoms. The summed E-state index contributed by atoms with van der Waals surface area (Å²) in [7, 11) is 0. The zero-order valence-electron chi connectivity index (χ0n) is 12.0. The minimum Gasteiger partial charge on any atom is -0.389 e. The number of aliphatic hydroxyl groups is 1. The first-order valence-corrected chi connectivity index (χ1v) is 7.18. The van der Waals surface area contributed by atoms with Gasteiger partial charge in [0.2, 0.25) is 0 Å². The molecule has 0 aromatic heterocycles. The van der Waals surface area contributed by atoms with Gasteiger partial charge in [-0.25, -0.2) is 0 Å². The molecular weight excluding hydrogens is 230 g/mol. The Morgan fingerprint density at radius 1 is 1.39 bits per heavy atom. The van der Waals surface area contributed by atoms with Crippen molar-refractivity contribution in [2.75, 3.05) is 26.4 Å². The van der Waals surface area contributed by atoms with Crippen LogP contribution in [-0.4, -0.2) is 49.7 Å². The van der Waals surface area contributed by atoms with Crippen LogP contribution in [0.25, 0.3) is 0 Å². The Labute approximate surface area is 111 Å². The molecule has 108 valence electrons. The first-order chi connectivity index (χ1) is 8.58. The Bertz CT molecular complexity index is 205. The van der Waals surface area contributed by atoms with Gasteiger partial charge in [0.15, 0.2) is 0 Å². The Balaban J connectivity index is 1.97. The summed E-state index contributed by atoms with van der Waals surface area (Å²) in [6, 6.07) is 0.442. The lowest BCUT2D eigenvalue weighted by molar-refractivity contribution is -0.0169. The predicted molar refractivity (Wildman–Crippen MR) is 72.7 cm³/mol. The number of hydrogen-bond acceptors (Lipinski definition) is 4. The highest BCUT2D eigenvalue weighted by atomic mass is 16.5. The van der Waals surface area contributed by atoms with E-state index in [9.17, 15) is 5.11 Å². The summed E-state index contributed by atoms with van der Waals surface area (Å²) in [5.41, 5.74) is 0. The van der Waals surface area contributed by atoms with Crippen molar-refractivity contribution >= 4 is 0 Å². The Kier molecular flexibility index (Phi) is 7.82. The van der Waals surface area contributed by atoms with Crippen molar-refractivity contribution in [1.82, 2.24) is 5.32 Å². The molecule has 0 amide bonds. The molecule has 2 N–H and O–H groups in total. The highest BCUT2D eigenvalue weighted by Gasteiger charge is 2.16. The highest BCUT2D eigenvalue weighted by molar-refractivity contribution is 4.68. The summed E-state index contributed by atoms with van der Waals surface area (Å²) >= 11 is 0. The maximum absolute atomic E-state index is 9.78. The molecule has 0 radical (unpaired) electrons. The molecule has 0 aliphatic carbocycles. The zero-order valence-corrected chi connectivity index (χ0v) is 12.0. The summed E-state index contributed by atoms with van der Waals surface area (Å²) in [5.74, 6) is 0.681.